The number of carbonyl (C=O) groups is 1. The minimum atomic E-state index is -1.49. The number of carboxylic acids is 1. The molecule has 0 spiro atoms. The van der Waals surface area contributed by atoms with Crippen LogP contribution < -0.4 is 4.74 Å². The third kappa shape index (κ3) is 3.12. The molecule has 3 atom stereocenters. The molecule has 1 aromatic carbocycles. The number of benzene rings is 1. The monoisotopic (exact) mass is 286 g/mol. The van der Waals surface area contributed by atoms with Crippen molar-refractivity contribution in [2.24, 2.45) is 0 Å². The van der Waals surface area contributed by atoms with Gasteiger partial charge < -0.3 is 9.84 Å². The molecule has 19 heavy (non-hydrogen) atoms. The van der Waals surface area contributed by atoms with Gasteiger partial charge in [-0.15, -0.1) is 0 Å². The van der Waals surface area contributed by atoms with E-state index in [4.69, 9.17) is 9.84 Å². The number of carboxylic acid groups (broad SMARTS) is 1. The van der Waals surface area contributed by atoms with Gasteiger partial charge in [0.1, 0.15) is 22.9 Å². The second-order valence-electron chi connectivity index (χ2n) is 4.48. The first-order valence-electron chi connectivity index (χ1n) is 6.06. The fraction of sp³-hybridized carbons (Fsp3) is 0.462. The summed E-state index contributed by atoms with van der Waals surface area (Å²) in [5, 5.41) is 8.07. The summed E-state index contributed by atoms with van der Waals surface area (Å²) < 4.78 is 30.6. The lowest BCUT2D eigenvalue weighted by molar-refractivity contribution is -0.136. The molecule has 0 saturated heterocycles. The molecular weight excluding hydrogens is 271 g/mol. The highest BCUT2D eigenvalue weighted by Gasteiger charge is 2.30. The maximum Gasteiger partial charge on any atom is 0.319 e. The molecule has 2 rings (SSSR count). The highest BCUT2D eigenvalue weighted by Crippen LogP contribution is 2.29. The number of hydrogen-bond acceptors (Lipinski definition) is 3. The van der Waals surface area contributed by atoms with Crippen molar-refractivity contribution in [3.05, 3.63) is 29.6 Å². The van der Waals surface area contributed by atoms with E-state index in [1.165, 1.54) is 12.1 Å². The summed E-state index contributed by atoms with van der Waals surface area (Å²) in [6, 6.07) is 4.25. The summed E-state index contributed by atoms with van der Waals surface area (Å²) in [6.45, 7) is 1.69. The summed E-state index contributed by atoms with van der Waals surface area (Å²) in [6.07, 6.45) is 0.441. The molecule has 1 N–H and O–H groups in total. The fourth-order valence-corrected chi connectivity index (χ4v) is 3.54. The second kappa shape index (κ2) is 5.69. The quantitative estimate of drug-likeness (QED) is 0.895. The van der Waals surface area contributed by atoms with Crippen LogP contribution in [0.1, 0.15) is 18.9 Å². The van der Waals surface area contributed by atoms with Crippen LogP contribution in [0.25, 0.3) is 0 Å². The van der Waals surface area contributed by atoms with Crippen molar-refractivity contribution in [1.82, 2.24) is 0 Å². The van der Waals surface area contributed by atoms with E-state index < -0.39 is 22.0 Å². The standard InChI is InChI=1S/C13H15FO4S/c1-2-12(13(15)16)19(17)7-10-6-8-5-9(14)3-4-11(8)18-10/h3-5,10,12H,2,6-7H2,1H3,(H,15,16). The minimum absolute atomic E-state index is 0.154. The lowest BCUT2D eigenvalue weighted by atomic mass is 10.1. The SMILES string of the molecule is CCC(C(=O)O)S(=O)CC1Cc2cc(F)ccc2O1. The van der Waals surface area contributed by atoms with Crippen molar-refractivity contribution in [2.45, 2.75) is 31.1 Å². The maximum absolute atomic E-state index is 13.0. The summed E-state index contributed by atoms with van der Waals surface area (Å²) >= 11 is 0. The predicted molar refractivity (Wildman–Crippen MR) is 69.2 cm³/mol. The molecular formula is C13H15FO4S. The van der Waals surface area contributed by atoms with Crippen molar-refractivity contribution in [1.29, 1.82) is 0 Å². The van der Waals surface area contributed by atoms with Gasteiger partial charge in [-0.05, 0) is 24.6 Å². The van der Waals surface area contributed by atoms with Crippen LogP contribution >= 0.6 is 0 Å². The fourth-order valence-electron chi connectivity index (χ4n) is 2.15. The molecule has 6 heteroatoms. The summed E-state index contributed by atoms with van der Waals surface area (Å²) in [7, 11) is -1.49. The Hall–Kier alpha value is -1.43. The molecule has 0 amide bonds. The van der Waals surface area contributed by atoms with E-state index in [0.717, 1.165) is 5.56 Å². The van der Waals surface area contributed by atoms with Crippen LogP contribution in [0.5, 0.6) is 5.75 Å². The van der Waals surface area contributed by atoms with Gasteiger partial charge in [0.2, 0.25) is 0 Å². The summed E-state index contributed by atoms with van der Waals surface area (Å²) in [5.41, 5.74) is 0.741. The van der Waals surface area contributed by atoms with E-state index >= 15 is 0 Å². The molecule has 0 fully saturated rings. The van der Waals surface area contributed by atoms with Crippen molar-refractivity contribution in [3.8, 4) is 5.75 Å². The van der Waals surface area contributed by atoms with Gasteiger partial charge in [-0.3, -0.25) is 9.00 Å². The van der Waals surface area contributed by atoms with E-state index in [1.807, 2.05) is 0 Å². The molecule has 104 valence electrons. The molecule has 0 radical (unpaired) electrons. The van der Waals surface area contributed by atoms with Crippen molar-refractivity contribution in [2.75, 3.05) is 5.75 Å². The molecule has 1 heterocycles. The van der Waals surface area contributed by atoms with Crippen molar-refractivity contribution < 1.29 is 23.2 Å². The molecule has 0 aromatic heterocycles. The number of ether oxygens (including phenoxy) is 1. The third-order valence-corrected chi connectivity index (χ3v) is 4.95. The molecule has 0 bridgehead atoms. The van der Waals surface area contributed by atoms with Gasteiger partial charge in [0.15, 0.2) is 0 Å². The molecule has 1 aliphatic rings. The first-order chi connectivity index (χ1) is 9.01. The molecule has 1 aromatic rings. The smallest absolute Gasteiger partial charge is 0.319 e. The van der Waals surface area contributed by atoms with Crippen LogP contribution in [0, 0.1) is 5.82 Å². The molecule has 0 aliphatic carbocycles. The maximum atomic E-state index is 13.0. The summed E-state index contributed by atoms with van der Waals surface area (Å²) in [5.74, 6) is -0.642. The summed E-state index contributed by atoms with van der Waals surface area (Å²) in [4.78, 5) is 10.9. The van der Waals surface area contributed by atoms with E-state index in [-0.39, 0.29) is 17.7 Å². The zero-order chi connectivity index (χ0) is 14.0. The largest absolute Gasteiger partial charge is 0.489 e. The Balaban J connectivity index is 2.00. The van der Waals surface area contributed by atoms with Crippen LogP contribution in [0.3, 0.4) is 0 Å². The van der Waals surface area contributed by atoms with Crippen LogP contribution in [0.15, 0.2) is 18.2 Å². The lowest BCUT2D eigenvalue weighted by Gasteiger charge is -2.14. The van der Waals surface area contributed by atoms with Crippen LogP contribution in [-0.2, 0) is 22.0 Å². The van der Waals surface area contributed by atoms with E-state index in [9.17, 15) is 13.4 Å². The van der Waals surface area contributed by atoms with E-state index in [1.54, 1.807) is 13.0 Å². The lowest BCUT2D eigenvalue weighted by Crippen LogP contribution is -2.32. The minimum Gasteiger partial charge on any atom is -0.489 e. The first kappa shape index (κ1) is 14.0. The van der Waals surface area contributed by atoms with Gasteiger partial charge in [-0.25, -0.2) is 4.39 Å². The number of hydrogen-bond donors (Lipinski definition) is 1. The zero-order valence-electron chi connectivity index (χ0n) is 10.5. The van der Waals surface area contributed by atoms with Crippen molar-refractivity contribution in [3.63, 3.8) is 0 Å². The van der Waals surface area contributed by atoms with Gasteiger partial charge in [0.05, 0.1) is 5.75 Å². The Morgan fingerprint density at radius 3 is 3.00 bits per heavy atom. The van der Waals surface area contributed by atoms with Crippen LogP contribution in [0.2, 0.25) is 0 Å². The Kier molecular flexibility index (Phi) is 4.19. The molecule has 1 aliphatic heterocycles. The van der Waals surface area contributed by atoms with E-state index in [2.05, 4.69) is 0 Å². The number of fused-ring (bicyclic) bond motifs is 1. The topological polar surface area (TPSA) is 63.6 Å². The number of aliphatic carboxylic acids is 1. The Bertz CT molecular complexity index is 517. The molecule has 3 unspecified atom stereocenters. The highest BCUT2D eigenvalue weighted by atomic mass is 32.2. The molecule has 4 nitrogen and oxygen atoms in total. The van der Waals surface area contributed by atoms with Gasteiger partial charge in [0.25, 0.3) is 0 Å². The van der Waals surface area contributed by atoms with Gasteiger partial charge in [-0.1, -0.05) is 6.92 Å². The normalized spacial score (nSPS) is 20.4. The van der Waals surface area contributed by atoms with Crippen LogP contribution in [-0.4, -0.2) is 32.4 Å². The zero-order valence-corrected chi connectivity index (χ0v) is 11.3. The third-order valence-electron chi connectivity index (χ3n) is 3.08. The predicted octanol–water partition coefficient (Wildman–Crippen LogP) is 1.74. The highest BCUT2D eigenvalue weighted by molar-refractivity contribution is 7.86. The van der Waals surface area contributed by atoms with Gasteiger partial charge >= 0.3 is 5.97 Å². The molecule has 0 saturated carbocycles. The van der Waals surface area contributed by atoms with Gasteiger partial charge in [-0.2, -0.15) is 0 Å². The number of halogens is 1. The van der Waals surface area contributed by atoms with E-state index in [0.29, 0.717) is 18.6 Å². The second-order valence-corrected chi connectivity index (χ2v) is 6.14. The number of rotatable bonds is 5. The van der Waals surface area contributed by atoms with Crippen molar-refractivity contribution >= 4 is 16.8 Å². The first-order valence-corrected chi connectivity index (χ1v) is 7.44. The van der Waals surface area contributed by atoms with Gasteiger partial charge in [0, 0.05) is 22.8 Å². The van der Waals surface area contributed by atoms with Crippen LogP contribution in [0.4, 0.5) is 4.39 Å². The average molecular weight is 286 g/mol. The Morgan fingerprint density at radius 1 is 1.63 bits per heavy atom. The Morgan fingerprint density at radius 2 is 2.37 bits per heavy atom. The average Bonchev–Trinajstić information content (AvgIpc) is 2.70. The Labute approximate surface area is 113 Å².